The number of carbonyl (C=O) groups excluding carboxylic acids is 1. The molecule has 5 aromatic rings. The molecule has 218 valence electrons. The summed E-state index contributed by atoms with van der Waals surface area (Å²) in [5.41, 5.74) is 8.51. The van der Waals surface area contributed by atoms with Crippen LogP contribution in [0.3, 0.4) is 0 Å². The molecule has 0 saturated heterocycles. The molecule has 0 radical (unpaired) electrons. The number of hydrogen-bond donors (Lipinski definition) is 2. The maximum atomic E-state index is 12.7. The predicted molar refractivity (Wildman–Crippen MR) is 184 cm³/mol. The van der Waals surface area contributed by atoms with Crippen molar-refractivity contribution in [3.8, 4) is 22.8 Å². The van der Waals surface area contributed by atoms with Crippen LogP contribution in [0.1, 0.15) is 27.0 Å². The van der Waals surface area contributed by atoms with E-state index in [2.05, 4.69) is 62.5 Å². The highest BCUT2D eigenvalue weighted by Crippen LogP contribution is 2.35. The number of amides is 1. The standard InChI is InChI=1S/C32H25Cl2IN4O3S/c1-19-3-11-25(12-4-19)37-32-38-28(18-43-32)21-5-7-22(8-6-21)31(40)39-36-16-20-13-27(35)30(29(14-20)41-2)42-17-23-9-10-24(33)15-26(23)34/h3-16,18H,17H2,1-2H3,(H,37,38)(H,39,40)/b36-16-. The van der Waals surface area contributed by atoms with Crippen LogP contribution in [0.25, 0.3) is 11.3 Å². The fraction of sp³-hybridized carbons (Fsp3) is 0.0938. The van der Waals surface area contributed by atoms with Gasteiger partial charge in [-0.15, -0.1) is 11.3 Å². The van der Waals surface area contributed by atoms with Gasteiger partial charge in [-0.3, -0.25) is 4.79 Å². The Morgan fingerprint density at radius 1 is 1.05 bits per heavy atom. The van der Waals surface area contributed by atoms with Gasteiger partial charge in [-0.2, -0.15) is 5.10 Å². The molecule has 0 unspecified atom stereocenters. The normalized spacial score (nSPS) is 11.0. The van der Waals surface area contributed by atoms with Crippen LogP contribution in [0.5, 0.6) is 11.5 Å². The molecule has 0 atom stereocenters. The minimum Gasteiger partial charge on any atom is -0.493 e. The molecule has 0 aliphatic heterocycles. The number of anilines is 2. The Bertz CT molecular complexity index is 1780. The zero-order chi connectivity index (χ0) is 30.3. The Morgan fingerprint density at radius 3 is 2.53 bits per heavy atom. The molecule has 43 heavy (non-hydrogen) atoms. The second-order valence-corrected chi connectivity index (χ2v) is 12.2. The fourth-order valence-corrected chi connectivity index (χ4v) is 5.97. The van der Waals surface area contributed by atoms with E-state index in [1.54, 1.807) is 43.7 Å². The minimum atomic E-state index is -0.329. The Kier molecular flexibility index (Phi) is 10.2. The molecular formula is C32H25Cl2IN4O3S. The average Bonchev–Trinajstić information content (AvgIpc) is 3.47. The number of carbonyl (C=O) groups is 1. The molecular weight excluding hydrogens is 718 g/mol. The van der Waals surface area contributed by atoms with Gasteiger partial charge in [0.15, 0.2) is 16.6 Å². The van der Waals surface area contributed by atoms with Crippen LogP contribution < -0.4 is 20.2 Å². The van der Waals surface area contributed by atoms with E-state index in [0.717, 1.165) is 36.8 Å². The lowest BCUT2D eigenvalue weighted by Gasteiger charge is -2.14. The highest BCUT2D eigenvalue weighted by Gasteiger charge is 2.13. The zero-order valence-electron chi connectivity index (χ0n) is 23.0. The van der Waals surface area contributed by atoms with Gasteiger partial charge in [-0.25, -0.2) is 10.4 Å². The van der Waals surface area contributed by atoms with Crippen LogP contribution in [0.2, 0.25) is 10.0 Å². The zero-order valence-corrected chi connectivity index (χ0v) is 27.5. The first-order valence-electron chi connectivity index (χ1n) is 13.0. The van der Waals surface area contributed by atoms with Gasteiger partial charge in [0.05, 0.1) is 22.6 Å². The van der Waals surface area contributed by atoms with Crippen LogP contribution in [0, 0.1) is 10.5 Å². The maximum Gasteiger partial charge on any atom is 0.271 e. The topological polar surface area (TPSA) is 84.8 Å². The SMILES string of the molecule is COc1cc(/C=N\NC(=O)c2ccc(-c3csc(Nc4ccc(C)cc4)n3)cc2)cc(I)c1OCc1ccc(Cl)cc1Cl. The number of halogens is 3. The second kappa shape index (κ2) is 14.2. The Hall–Kier alpha value is -3.64. The van der Waals surface area contributed by atoms with E-state index < -0.39 is 0 Å². The van der Waals surface area contributed by atoms with Crippen LogP contribution in [0.15, 0.2) is 89.3 Å². The molecule has 0 aliphatic rings. The van der Waals surface area contributed by atoms with E-state index in [9.17, 15) is 4.79 Å². The van der Waals surface area contributed by atoms with Gasteiger partial charge in [0.1, 0.15) is 6.61 Å². The van der Waals surface area contributed by atoms with Gasteiger partial charge >= 0.3 is 0 Å². The maximum absolute atomic E-state index is 12.7. The number of hydrogen-bond acceptors (Lipinski definition) is 7. The fourth-order valence-electron chi connectivity index (χ4n) is 3.99. The number of thiazole rings is 1. The molecule has 2 N–H and O–H groups in total. The molecule has 1 heterocycles. The Morgan fingerprint density at radius 2 is 1.81 bits per heavy atom. The van der Waals surface area contributed by atoms with Crippen molar-refractivity contribution >= 4 is 80.1 Å². The second-order valence-electron chi connectivity index (χ2n) is 9.36. The number of aryl methyl sites for hydroxylation is 1. The largest absolute Gasteiger partial charge is 0.493 e. The van der Waals surface area contributed by atoms with Gasteiger partial charge in [0.2, 0.25) is 0 Å². The van der Waals surface area contributed by atoms with Gasteiger partial charge in [-0.05, 0) is 83.6 Å². The summed E-state index contributed by atoms with van der Waals surface area (Å²) in [6, 6.07) is 24.3. The van der Waals surface area contributed by atoms with E-state index in [1.165, 1.54) is 16.9 Å². The van der Waals surface area contributed by atoms with E-state index in [4.69, 9.17) is 32.7 Å². The molecule has 0 fully saturated rings. The smallest absolute Gasteiger partial charge is 0.271 e. The lowest BCUT2D eigenvalue weighted by molar-refractivity contribution is 0.0955. The van der Waals surface area contributed by atoms with Crippen molar-refractivity contribution in [3.05, 3.63) is 120 Å². The van der Waals surface area contributed by atoms with Gasteiger partial charge in [-0.1, -0.05) is 59.1 Å². The molecule has 0 bridgehead atoms. The van der Waals surface area contributed by atoms with Crippen LogP contribution in [-0.2, 0) is 6.61 Å². The molecule has 1 aromatic heterocycles. The van der Waals surface area contributed by atoms with Crippen LogP contribution >= 0.6 is 57.1 Å². The molecule has 1 amide bonds. The molecule has 0 aliphatic carbocycles. The van der Waals surface area contributed by atoms with Crippen molar-refractivity contribution in [1.82, 2.24) is 10.4 Å². The highest BCUT2D eigenvalue weighted by molar-refractivity contribution is 14.1. The van der Waals surface area contributed by atoms with E-state index in [1.807, 2.05) is 41.8 Å². The van der Waals surface area contributed by atoms with Crippen molar-refractivity contribution in [2.45, 2.75) is 13.5 Å². The molecule has 4 aromatic carbocycles. The van der Waals surface area contributed by atoms with Crippen molar-refractivity contribution in [2.24, 2.45) is 5.10 Å². The summed E-state index contributed by atoms with van der Waals surface area (Å²) >= 11 is 15.9. The van der Waals surface area contributed by atoms with E-state index >= 15 is 0 Å². The lowest BCUT2D eigenvalue weighted by Crippen LogP contribution is -2.17. The number of hydrazone groups is 1. The van der Waals surface area contributed by atoms with Crippen LogP contribution in [0.4, 0.5) is 10.8 Å². The molecule has 7 nitrogen and oxygen atoms in total. The first-order chi connectivity index (χ1) is 20.8. The first kappa shape index (κ1) is 30.8. The van der Waals surface area contributed by atoms with Gasteiger partial charge in [0, 0.05) is 37.8 Å². The Balaban J connectivity index is 1.19. The monoisotopic (exact) mass is 742 g/mol. The molecule has 0 spiro atoms. The first-order valence-corrected chi connectivity index (χ1v) is 15.7. The third-order valence-electron chi connectivity index (χ3n) is 6.27. The quantitative estimate of drug-likeness (QED) is 0.0848. The number of ether oxygens (including phenoxy) is 2. The van der Waals surface area contributed by atoms with Crippen molar-refractivity contribution in [2.75, 3.05) is 12.4 Å². The average molecular weight is 743 g/mol. The number of nitrogens with zero attached hydrogens (tertiary/aromatic N) is 2. The summed E-state index contributed by atoms with van der Waals surface area (Å²) in [7, 11) is 1.56. The van der Waals surface area contributed by atoms with Crippen LogP contribution in [-0.4, -0.2) is 24.2 Å². The summed E-state index contributed by atoms with van der Waals surface area (Å²) < 4.78 is 12.4. The van der Waals surface area contributed by atoms with Crippen molar-refractivity contribution < 1.29 is 14.3 Å². The lowest BCUT2D eigenvalue weighted by atomic mass is 10.1. The molecule has 5 rings (SSSR count). The third kappa shape index (κ3) is 8.05. The van der Waals surface area contributed by atoms with E-state index in [-0.39, 0.29) is 12.5 Å². The summed E-state index contributed by atoms with van der Waals surface area (Å²) in [6.07, 6.45) is 1.55. The van der Waals surface area contributed by atoms with E-state index in [0.29, 0.717) is 27.1 Å². The van der Waals surface area contributed by atoms with Crippen molar-refractivity contribution in [3.63, 3.8) is 0 Å². The summed E-state index contributed by atoms with van der Waals surface area (Å²) in [5, 5.41) is 11.3. The predicted octanol–water partition coefficient (Wildman–Crippen LogP) is 9.13. The summed E-state index contributed by atoms with van der Waals surface area (Å²) in [6.45, 7) is 2.30. The number of methoxy groups -OCH3 is 1. The summed E-state index contributed by atoms with van der Waals surface area (Å²) in [4.78, 5) is 17.4. The molecule has 0 saturated carbocycles. The summed E-state index contributed by atoms with van der Waals surface area (Å²) in [5.74, 6) is 0.775. The van der Waals surface area contributed by atoms with Gasteiger partial charge < -0.3 is 14.8 Å². The third-order valence-corrected chi connectivity index (χ3v) is 8.41. The number of rotatable bonds is 10. The Labute approximate surface area is 277 Å². The highest BCUT2D eigenvalue weighted by atomic mass is 127. The number of nitrogens with one attached hydrogen (secondary N) is 2. The number of aromatic nitrogens is 1. The van der Waals surface area contributed by atoms with Crippen molar-refractivity contribution in [1.29, 1.82) is 0 Å². The molecule has 11 heteroatoms. The number of benzene rings is 4. The minimum absolute atomic E-state index is 0.249. The van der Waals surface area contributed by atoms with Gasteiger partial charge in [0.25, 0.3) is 5.91 Å².